The quantitative estimate of drug-likeness (QED) is 0.107. The molecule has 0 saturated carbocycles. The number of ether oxygens (including phenoxy) is 2. The van der Waals surface area contributed by atoms with E-state index in [-0.39, 0.29) is 25.9 Å². The number of nitrogens with zero attached hydrogens (tertiary/aromatic N) is 7. The van der Waals surface area contributed by atoms with Crippen molar-refractivity contribution in [1.82, 2.24) is 34.3 Å². The first-order chi connectivity index (χ1) is 24.9. The number of hydrogen-bond donors (Lipinski definition) is 4. The van der Waals surface area contributed by atoms with Crippen molar-refractivity contribution in [3.05, 3.63) is 118 Å². The molecule has 1 aliphatic rings. The van der Waals surface area contributed by atoms with Crippen molar-refractivity contribution in [3.63, 3.8) is 0 Å². The molecular weight excluding hydrogens is 687 g/mol. The Hall–Kier alpha value is -4.64. The van der Waals surface area contributed by atoms with Crippen molar-refractivity contribution in [2.45, 2.75) is 84.1 Å². The molecule has 0 amide bonds. The molecule has 0 fully saturated rings. The van der Waals surface area contributed by atoms with E-state index in [1.54, 1.807) is 58.1 Å². The maximum absolute atomic E-state index is 12.6. The Morgan fingerprint density at radius 1 is 0.962 bits per heavy atom. The van der Waals surface area contributed by atoms with E-state index in [1.807, 2.05) is 62.4 Å². The number of hydrogen-bond acceptors (Lipinski definition) is 11. The fraction of sp³-hybridized carbons (Fsp3) is 0.378. The molecule has 0 aliphatic carbocycles. The van der Waals surface area contributed by atoms with Crippen LogP contribution in [0.15, 0.2) is 84.0 Å². The third kappa shape index (κ3) is 8.20. The fourth-order valence-corrected chi connectivity index (χ4v) is 7.83. The van der Waals surface area contributed by atoms with Gasteiger partial charge in [-0.15, -0.1) is 21.0 Å². The summed E-state index contributed by atoms with van der Waals surface area (Å²) in [5.74, 6) is -0.562. The van der Waals surface area contributed by atoms with E-state index >= 15 is 0 Å². The minimum absolute atomic E-state index is 0.0169. The number of carboxylic acids is 1. The van der Waals surface area contributed by atoms with Gasteiger partial charge in [0.15, 0.2) is 0 Å². The molecule has 0 radical (unpaired) electrons. The standard InChI is InChI=1S/C37H45N7O7S/c1-5-32-22-44(52(48,49)34-12-7-6-11-33(34)51-32)19-29-16-28(14-13-25(29)2)35(37(3,4)36(46)47)50-24-31-21-43(41-39-31)18-27-10-8-9-26(15-27)17-42-20-30(23-45)38-40-42/h6-16,20-21,32,35,45,48-49H,5,17-19,22-24H2,1-4H3,(H,46,47)/t32-,35?/m1/s1. The highest BCUT2D eigenvalue weighted by atomic mass is 32.3. The summed E-state index contributed by atoms with van der Waals surface area (Å²) in [5.41, 5.74) is 4.10. The van der Waals surface area contributed by atoms with Gasteiger partial charge in [0, 0.05) is 6.54 Å². The zero-order valence-electron chi connectivity index (χ0n) is 29.7. The second kappa shape index (κ2) is 15.5. The third-order valence-electron chi connectivity index (χ3n) is 9.30. The molecule has 1 unspecified atom stereocenters. The van der Waals surface area contributed by atoms with Crippen LogP contribution in [-0.2, 0) is 42.4 Å². The molecule has 0 bridgehead atoms. The summed E-state index contributed by atoms with van der Waals surface area (Å²) in [6.45, 7) is 8.49. The lowest BCUT2D eigenvalue weighted by Crippen LogP contribution is -2.35. The lowest BCUT2D eigenvalue weighted by Gasteiger charge is -2.42. The molecule has 15 heteroatoms. The number of para-hydroxylation sites is 1. The van der Waals surface area contributed by atoms with Crippen LogP contribution in [0.1, 0.15) is 72.5 Å². The normalized spacial score (nSPS) is 17.2. The number of aliphatic carboxylic acids is 1. The number of fused-ring (bicyclic) bond motifs is 1. The number of rotatable bonds is 14. The van der Waals surface area contributed by atoms with Gasteiger partial charge < -0.3 is 19.7 Å². The van der Waals surface area contributed by atoms with Crippen LogP contribution in [0, 0.1) is 12.3 Å². The molecule has 6 rings (SSSR count). The Balaban J connectivity index is 1.19. The molecule has 14 nitrogen and oxygen atoms in total. The summed E-state index contributed by atoms with van der Waals surface area (Å²) in [6, 6.07) is 20.6. The van der Waals surface area contributed by atoms with E-state index in [2.05, 4.69) is 20.6 Å². The molecule has 3 heterocycles. The second-order valence-electron chi connectivity index (χ2n) is 13.6. The Labute approximate surface area is 304 Å². The molecule has 276 valence electrons. The number of carboxylic acid groups (broad SMARTS) is 1. The minimum Gasteiger partial charge on any atom is -0.487 e. The number of benzene rings is 3. The monoisotopic (exact) mass is 731 g/mol. The predicted octanol–water partition coefficient (Wildman–Crippen LogP) is 5.83. The molecule has 0 spiro atoms. The summed E-state index contributed by atoms with van der Waals surface area (Å²) >= 11 is 0. The first-order valence-electron chi connectivity index (χ1n) is 17.1. The lowest BCUT2D eigenvalue weighted by atomic mass is 9.81. The zero-order chi connectivity index (χ0) is 37.0. The van der Waals surface area contributed by atoms with Crippen LogP contribution in [-0.4, -0.2) is 72.2 Å². The van der Waals surface area contributed by atoms with Gasteiger partial charge in [0.1, 0.15) is 28.1 Å². The Morgan fingerprint density at radius 3 is 2.29 bits per heavy atom. The summed E-state index contributed by atoms with van der Waals surface area (Å²) < 4.78 is 40.7. The first-order valence-corrected chi connectivity index (χ1v) is 18.6. The van der Waals surface area contributed by atoms with Gasteiger partial charge in [0.25, 0.3) is 0 Å². The lowest BCUT2D eigenvalue weighted by molar-refractivity contribution is -0.158. The van der Waals surface area contributed by atoms with E-state index in [1.165, 1.54) is 0 Å². The SMILES string of the molecule is CC[C@@H]1CN(Cc2cc(C(OCc3cn(Cc4cccc(Cn5cc(CO)nn5)c4)nn3)C(C)(C)C(=O)O)ccc2C)S(O)(O)c2ccccc2O1. The van der Waals surface area contributed by atoms with Crippen molar-refractivity contribution in [2.75, 3.05) is 6.54 Å². The van der Waals surface area contributed by atoms with Gasteiger partial charge in [0.05, 0.1) is 56.8 Å². The Kier molecular flexibility index (Phi) is 11.1. The van der Waals surface area contributed by atoms with Crippen LogP contribution < -0.4 is 4.74 Å². The van der Waals surface area contributed by atoms with Crippen LogP contribution in [0.2, 0.25) is 0 Å². The molecule has 2 atom stereocenters. The maximum atomic E-state index is 12.6. The topological polar surface area (TPSA) is 181 Å². The highest BCUT2D eigenvalue weighted by Gasteiger charge is 2.40. The largest absolute Gasteiger partial charge is 0.487 e. The molecule has 4 N–H and O–H groups in total. The van der Waals surface area contributed by atoms with E-state index in [0.29, 0.717) is 53.7 Å². The van der Waals surface area contributed by atoms with Gasteiger partial charge in [-0.25, -0.2) is 9.36 Å². The molecule has 52 heavy (non-hydrogen) atoms. The number of aliphatic hydroxyl groups is 1. The van der Waals surface area contributed by atoms with Gasteiger partial charge in [-0.2, -0.15) is 4.31 Å². The van der Waals surface area contributed by atoms with Crippen molar-refractivity contribution in [3.8, 4) is 5.75 Å². The highest BCUT2D eigenvalue weighted by molar-refractivity contribution is 8.22. The Morgan fingerprint density at radius 2 is 1.63 bits per heavy atom. The van der Waals surface area contributed by atoms with E-state index in [0.717, 1.165) is 22.3 Å². The van der Waals surface area contributed by atoms with Gasteiger partial charge in [-0.3, -0.25) is 13.9 Å². The summed E-state index contributed by atoms with van der Waals surface area (Å²) in [7, 11) is -3.39. The van der Waals surface area contributed by atoms with Crippen molar-refractivity contribution >= 4 is 16.7 Å². The molecule has 5 aromatic rings. The van der Waals surface area contributed by atoms with E-state index < -0.39 is 28.3 Å². The maximum Gasteiger partial charge on any atom is 0.312 e. The van der Waals surface area contributed by atoms with Crippen molar-refractivity contribution in [1.29, 1.82) is 0 Å². The molecule has 3 aromatic carbocycles. The van der Waals surface area contributed by atoms with Crippen LogP contribution in [0.25, 0.3) is 0 Å². The molecule has 0 saturated heterocycles. The van der Waals surface area contributed by atoms with Gasteiger partial charge in [0.2, 0.25) is 0 Å². The fourth-order valence-electron chi connectivity index (χ4n) is 6.22. The first kappa shape index (κ1) is 37.1. The van der Waals surface area contributed by atoms with Crippen LogP contribution in [0.3, 0.4) is 0 Å². The Bertz CT molecular complexity index is 2010. The smallest absolute Gasteiger partial charge is 0.312 e. The summed E-state index contributed by atoms with van der Waals surface area (Å²) in [6.07, 6.45) is 3.03. The molecular formula is C37H45N7O7S. The summed E-state index contributed by atoms with van der Waals surface area (Å²) in [5, 5.41) is 36.1. The number of aliphatic hydroxyl groups excluding tert-OH is 1. The van der Waals surface area contributed by atoms with Crippen molar-refractivity contribution in [2.24, 2.45) is 5.41 Å². The van der Waals surface area contributed by atoms with Crippen molar-refractivity contribution < 1.29 is 33.6 Å². The van der Waals surface area contributed by atoms with Gasteiger partial charge in [-0.05, 0) is 67.1 Å². The summed E-state index contributed by atoms with van der Waals surface area (Å²) in [4.78, 5) is 12.9. The molecule has 2 aromatic heterocycles. The van der Waals surface area contributed by atoms with E-state index in [9.17, 15) is 24.1 Å². The average Bonchev–Trinajstić information content (AvgIpc) is 3.75. The van der Waals surface area contributed by atoms with Gasteiger partial charge in [-0.1, -0.05) is 71.9 Å². The van der Waals surface area contributed by atoms with Crippen LogP contribution in [0.5, 0.6) is 5.75 Å². The predicted molar refractivity (Wildman–Crippen MR) is 193 cm³/mol. The number of aromatic nitrogens is 6. The number of aryl methyl sites for hydroxylation is 1. The second-order valence-corrected chi connectivity index (χ2v) is 15.6. The van der Waals surface area contributed by atoms with E-state index in [4.69, 9.17) is 9.47 Å². The highest BCUT2D eigenvalue weighted by Crippen LogP contribution is 2.57. The van der Waals surface area contributed by atoms with Crippen LogP contribution >= 0.6 is 10.8 Å². The molecule has 1 aliphatic heterocycles. The van der Waals surface area contributed by atoms with Crippen LogP contribution in [0.4, 0.5) is 0 Å². The third-order valence-corrected chi connectivity index (χ3v) is 11.2. The number of carbonyl (C=O) groups is 1. The zero-order valence-corrected chi connectivity index (χ0v) is 30.5. The van der Waals surface area contributed by atoms with Gasteiger partial charge >= 0.3 is 5.97 Å². The minimum atomic E-state index is -3.39. The average molecular weight is 732 g/mol.